The number of anilines is 1. The SMILES string of the molecule is CCN(CC)c1ccc(/C(N)=N/O)c(Br)c1. The van der Waals surface area contributed by atoms with Gasteiger partial charge in [0.05, 0.1) is 0 Å². The second-order valence-corrected chi connectivity index (χ2v) is 4.18. The second kappa shape index (κ2) is 5.75. The zero-order valence-corrected chi connectivity index (χ0v) is 11.0. The van der Waals surface area contributed by atoms with Gasteiger partial charge in [-0.2, -0.15) is 0 Å². The van der Waals surface area contributed by atoms with E-state index in [4.69, 9.17) is 10.9 Å². The number of amidine groups is 1. The molecular formula is C11H16BrN3O. The number of halogens is 1. The summed E-state index contributed by atoms with van der Waals surface area (Å²) in [4.78, 5) is 2.22. The molecule has 0 heterocycles. The smallest absolute Gasteiger partial charge is 0.171 e. The first-order chi connectivity index (χ1) is 7.63. The van der Waals surface area contributed by atoms with Crippen LogP contribution in [0.15, 0.2) is 27.8 Å². The third-order valence-corrected chi connectivity index (χ3v) is 3.12. The molecule has 0 bridgehead atoms. The molecule has 0 radical (unpaired) electrons. The quantitative estimate of drug-likeness (QED) is 0.386. The topological polar surface area (TPSA) is 61.8 Å². The molecule has 5 heteroatoms. The van der Waals surface area contributed by atoms with Gasteiger partial charge in [-0.25, -0.2) is 0 Å². The summed E-state index contributed by atoms with van der Waals surface area (Å²) < 4.78 is 0.826. The first kappa shape index (κ1) is 12.8. The Labute approximate surface area is 104 Å². The Hall–Kier alpha value is -1.23. The number of oxime groups is 1. The van der Waals surface area contributed by atoms with Crippen molar-refractivity contribution in [1.82, 2.24) is 0 Å². The normalized spacial score (nSPS) is 11.6. The van der Waals surface area contributed by atoms with Gasteiger partial charge in [0.1, 0.15) is 0 Å². The minimum absolute atomic E-state index is 0.109. The molecule has 88 valence electrons. The van der Waals surface area contributed by atoms with E-state index in [1.807, 2.05) is 18.2 Å². The Balaban J connectivity index is 3.08. The summed E-state index contributed by atoms with van der Waals surface area (Å²) in [6.45, 7) is 6.11. The predicted octanol–water partition coefficient (Wildman–Crippen LogP) is 2.39. The average molecular weight is 286 g/mol. The molecule has 4 nitrogen and oxygen atoms in total. The fourth-order valence-electron chi connectivity index (χ4n) is 1.55. The van der Waals surface area contributed by atoms with Crippen molar-refractivity contribution in [2.75, 3.05) is 18.0 Å². The molecule has 1 aromatic rings. The molecule has 0 unspecified atom stereocenters. The van der Waals surface area contributed by atoms with Gasteiger partial charge in [0.25, 0.3) is 0 Å². The maximum Gasteiger partial charge on any atom is 0.171 e. The minimum Gasteiger partial charge on any atom is -0.409 e. The largest absolute Gasteiger partial charge is 0.409 e. The van der Waals surface area contributed by atoms with Crippen LogP contribution in [-0.2, 0) is 0 Å². The molecular weight excluding hydrogens is 270 g/mol. The highest BCUT2D eigenvalue weighted by Crippen LogP contribution is 2.24. The number of nitrogens with zero attached hydrogens (tertiary/aromatic N) is 2. The summed E-state index contributed by atoms with van der Waals surface area (Å²) in [5.41, 5.74) is 7.35. The van der Waals surface area contributed by atoms with E-state index >= 15 is 0 Å². The Morgan fingerprint density at radius 2 is 2.06 bits per heavy atom. The molecule has 0 fully saturated rings. The Morgan fingerprint density at radius 1 is 1.44 bits per heavy atom. The summed E-state index contributed by atoms with van der Waals surface area (Å²) in [5.74, 6) is 0.109. The first-order valence-electron chi connectivity index (χ1n) is 5.16. The van der Waals surface area contributed by atoms with Gasteiger partial charge >= 0.3 is 0 Å². The van der Waals surface area contributed by atoms with E-state index in [1.54, 1.807) is 0 Å². The summed E-state index contributed by atoms with van der Waals surface area (Å²) >= 11 is 3.42. The van der Waals surface area contributed by atoms with Crippen molar-refractivity contribution in [2.45, 2.75) is 13.8 Å². The number of rotatable bonds is 4. The summed E-state index contributed by atoms with van der Waals surface area (Å²) in [6.07, 6.45) is 0. The zero-order valence-electron chi connectivity index (χ0n) is 9.44. The van der Waals surface area contributed by atoms with Crippen molar-refractivity contribution >= 4 is 27.5 Å². The predicted molar refractivity (Wildman–Crippen MR) is 70.2 cm³/mol. The molecule has 0 saturated heterocycles. The number of nitrogens with two attached hydrogens (primary N) is 1. The Bertz CT molecular complexity index is 389. The molecule has 0 saturated carbocycles. The lowest BCUT2D eigenvalue weighted by Gasteiger charge is -2.21. The summed E-state index contributed by atoms with van der Waals surface area (Å²) in [5, 5.41) is 11.6. The monoisotopic (exact) mass is 285 g/mol. The van der Waals surface area contributed by atoms with Crippen LogP contribution in [0.1, 0.15) is 19.4 Å². The van der Waals surface area contributed by atoms with Gasteiger partial charge < -0.3 is 15.8 Å². The highest BCUT2D eigenvalue weighted by atomic mass is 79.9. The fourth-order valence-corrected chi connectivity index (χ4v) is 2.12. The maximum absolute atomic E-state index is 8.62. The molecule has 0 aliphatic carbocycles. The highest BCUT2D eigenvalue weighted by molar-refractivity contribution is 9.10. The van der Waals surface area contributed by atoms with Crippen molar-refractivity contribution in [3.8, 4) is 0 Å². The van der Waals surface area contributed by atoms with Gasteiger partial charge in [0, 0.05) is 28.8 Å². The van der Waals surface area contributed by atoms with Gasteiger partial charge in [-0.15, -0.1) is 0 Å². The van der Waals surface area contributed by atoms with Gasteiger partial charge in [0.2, 0.25) is 0 Å². The molecule has 0 spiro atoms. The third-order valence-electron chi connectivity index (χ3n) is 2.46. The van der Waals surface area contributed by atoms with Crippen molar-refractivity contribution in [1.29, 1.82) is 0 Å². The fraction of sp³-hybridized carbons (Fsp3) is 0.364. The lowest BCUT2D eigenvalue weighted by atomic mass is 10.2. The van der Waals surface area contributed by atoms with Crippen molar-refractivity contribution in [3.05, 3.63) is 28.2 Å². The van der Waals surface area contributed by atoms with E-state index in [-0.39, 0.29) is 5.84 Å². The van der Waals surface area contributed by atoms with E-state index in [0.29, 0.717) is 5.56 Å². The van der Waals surface area contributed by atoms with Gasteiger partial charge in [0.15, 0.2) is 5.84 Å². The second-order valence-electron chi connectivity index (χ2n) is 3.32. The van der Waals surface area contributed by atoms with Crippen LogP contribution in [0.4, 0.5) is 5.69 Å². The number of hydrogen-bond donors (Lipinski definition) is 2. The van der Waals surface area contributed by atoms with Crippen LogP contribution in [-0.4, -0.2) is 24.1 Å². The van der Waals surface area contributed by atoms with Crippen molar-refractivity contribution in [3.63, 3.8) is 0 Å². The summed E-state index contributed by atoms with van der Waals surface area (Å²) in [6, 6.07) is 5.78. The zero-order chi connectivity index (χ0) is 12.1. The van der Waals surface area contributed by atoms with Crippen LogP contribution in [0, 0.1) is 0 Å². The molecule has 0 aliphatic heterocycles. The molecule has 0 aromatic heterocycles. The number of benzene rings is 1. The molecule has 0 aliphatic rings. The Kier molecular flexibility index (Phi) is 4.61. The standard InChI is InChI=1S/C11H16BrN3O/c1-3-15(4-2)8-5-6-9(10(12)7-8)11(13)14-16/h5-7,16H,3-4H2,1-2H3,(H2,13,14). The maximum atomic E-state index is 8.62. The lowest BCUT2D eigenvalue weighted by Crippen LogP contribution is -2.22. The lowest BCUT2D eigenvalue weighted by molar-refractivity contribution is 0.318. The van der Waals surface area contributed by atoms with E-state index < -0.39 is 0 Å². The van der Waals surface area contributed by atoms with Crippen LogP contribution >= 0.6 is 15.9 Å². The number of hydrogen-bond acceptors (Lipinski definition) is 3. The average Bonchev–Trinajstić information content (AvgIpc) is 2.30. The van der Waals surface area contributed by atoms with Crippen LogP contribution in [0.2, 0.25) is 0 Å². The first-order valence-corrected chi connectivity index (χ1v) is 5.95. The van der Waals surface area contributed by atoms with Gasteiger partial charge in [-0.05, 0) is 48.0 Å². The molecule has 1 rings (SSSR count). The van der Waals surface area contributed by atoms with Gasteiger partial charge in [-0.1, -0.05) is 5.16 Å². The van der Waals surface area contributed by atoms with E-state index in [9.17, 15) is 0 Å². The highest BCUT2D eigenvalue weighted by Gasteiger charge is 2.08. The van der Waals surface area contributed by atoms with Crippen LogP contribution in [0.5, 0.6) is 0 Å². The molecule has 0 atom stereocenters. The van der Waals surface area contributed by atoms with Crippen molar-refractivity contribution in [2.24, 2.45) is 10.9 Å². The molecule has 1 aromatic carbocycles. The Morgan fingerprint density at radius 3 is 2.50 bits per heavy atom. The van der Waals surface area contributed by atoms with Crippen molar-refractivity contribution < 1.29 is 5.21 Å². The third kappa shape index (κ3) is 2.66. The molecule has 3 N–H and O–H groups in total. The minimum atomic E-state index is 0.109. The van der Waals surface area contributed by atoms with E-state index in [2.05, 4.69) is 39.8 Å². The van der Waals surface area contributed by atoms with Crippen LogP contribution in [0.25, 0.3) is 0 Å². The van der Waals surface area contributed by atoms with Crippen LogP contribution < -0.4 is 10.6 Å². The van der Waals surface area contributed by atoms with E-state index in [0.717, 1.165) is 23.2 Å². The van der Waals surface area contributed by atoms with E-state index in [1.165, 1.54) is 0 Å². The molecule has 0 amide bonds. The van der Waals surface area contributed by atoms with Gasteiger partial charge in [-0.3, -0.25) is 0 Å². The summed E-state index contributed by atoms with van der Waals surface area (Å²) in [7, 11) is 0. The van der Waals surface area contributed by atoms with Crippen LogP contribution in [0.3, 0.4) is 0 Å². The molecule has 16 heavy (non-hydrogen) atoms.